The fourth-order valence-corrected chi connectivity index (χ4v) is 6.09. The van der Waals surface area contributed by atoms with Crippen LogP contribution in [0.4, 0.5) is 11.4 Å². The van der Waals surface area contributed by atoms with E-state index in [9.17, 15) is 0 Å². The number of fused-ring (bicyclic) bond motifs is 1. The molecule has 0 atom stereocenters. The Morgan fingerprint density at radius 3 is 1.73 bits per heavy atom. The number of aromatic nitrogens is 2. The van der Waals surface area contributed by atoms with Crippen molar-refractivity contribution in [3.05, 3.63) is 124 Å². The predicted octanol–water partition coefficient (Wildman–Crippen LogP) is 12.8. The van der Waals surface area contributed by atoms with E-state index in [1.807, 2.05) is 6.21 Å². The standard InChI is InChI=1S/C41H48N4.2ClH.Fe/c1-26(2)32-18-13-19-33(27(3)4)40(32)42-24-37-36-17-10-11-22-39(36)45(44-37)25-38(31-16-12-15-30(9)23-31)43-41-34(28(5)6)20-14-21-35(41)29(7)8;;;/h10-24,26-29H,25H2,1-9H3;2*1H;/q;;;+2/p-2. The van der Waals surface area contributed by atoms with Crippen LogP contribution in [-0.2, 0) is 19.7 Å². The molecule has 7 heteroatoms. The van der Waals surface area contributed by atoms with Gasteiger partial charge in [0.25, 0.3) is 0 Å². The molecule has 0 unspecified atom stereocenters. The Hall–Kier alpha value is -3.21. The summed E-state index contributed by atoms with van der Waals surface area (Å²) in [6, 6.07) is 30.3. The van der Waals surface area contributed by atoms with Crippen molar-refractivity contribution in [1.82, 2.24) is 9.78 Å². The topological polar surface area (TPSA) is 42.5 Å². The molecule has 1 heterocycles. The van der Waals surface area contributed by atoms with Gasteiger partial charge in [-0.2, -0.15) is 5.10 Å². The maximum absolute atomic E-state index is 5.50. The molecule has 254 valence electrons. The predicted molar refractivity (Wildman–Crippen MR) is 205 cm³/mol. The minimum absolute atomic E-state index is 0.194. The van der Waals surface area contributed by atoms with E-state index in [4.69, 9.17) is 35.3 Å². The molecule has 5 aromatic rings. The first-order valence-corrected chi connectivity index (χ1v) is 19.8. The van der Waals surface area contributed by atoms with E-state index in [2.05, 4.69) is 152 Å². The molecule has 0 spiro atoms. The minimum atomic E-state index is 0.194. The summed E-state index contributed by atoms with van der Waals surface area (Å²) in [5, 5.41) is 6.27. The zero-order valence-electron chi connectivity index (χ0n) is 29.6. The van der Waals surface area contributed by atoms with Crippen LogP contribution < -0.4 is 0 Å². The van der Waals surface area contributed by atoms with Crippen LogP contribution in [0.2, 0.25) is 0 Å². The second kappa shape index (κ2) is 17.4. The molecule has 48 heavy (non-hydrogen) atoms. The van der Waals surface area contributed by atoms with Gasteiger partial charge in [0, 0.05) is 5.39 Å². The summed E-state index contributed by atoms with van der Waals surface area (Å²) in [6.45, 7) is 20.6. The molecular weight excluding hydrogens is 675 g/mol. The molecule has 0 aliphatic rings. The van der Waals surface area contributed by atoms with Gasteiger partial charge < -0.3 is 0 Å². The summed E-state index contributed by atoms with van der Waals surface area (Å²) in [7, 11) is 9.53. The number of benzene rings is 4. The van der Waals surface area contributed by atoms with Crippen molar-refractivity contribution in [3.63, 3.8) is 0 Å². The van der Waals surface area contributed by atoms with Gasteiger partial charge in [-0.15, -0.1) is 0 Å². The normalized spacial score (nSPS) is 12.3. The number of rotatable bonds is 10. The van der Waals surface area contributed by atoms with Crippen LogP contribution in [0.3, 0.4) is 0 Å². The van der Waals surface area contributed by atoms with Gasteiger partial charge in [0.1, 0.15) is 5.69 Å². The van der Waals surface area contributed by atoms with E-state index in [1.165, 1.54) is 27.8 Å². The van der Waals surface area contributed by atoms with E-state index in [-0.39, 0.29) is 13.1 Å². The number of nitrogens with zero attached hydrogens (tertiary/aromatic N) is 4. The molecule has 0 N–H and O–H groups in total. The van der Waals surface area contributed by atoms with Crippen LogP contribution in [0.5, 0.6) is 0 Å². The third kappa shape index (κ3) is 9.07. The van der Waals surface area contributed by atoms with Gasteiger partial charge in [0.05, 0.1) is 35.4 Å². The Balaban J connectivity index is 0.00000167. The molecule has 0 radical (unpaired) electrons. The Bertz CT molecular complexity index is 1830. The van der Waals surface area contributed by atoms with Crippen molar-refractivity contribution < 1.29 is 13.1 Å². The van der Waals surface area contributed by atoms with Crippen molar-refractivity contribution in [1.29, 1.82) is 0 Å². The summed E-state index contributed by atoms with van der Waals surface area (Å²) in [5.41, 5.74) is 12.5. The Morgan fingerprint density at radius 2 is 1.21 bits per heavy atom. The zero-order chi connectivity index (χ0) is 35.0. The van der Waals surface area contributed by atoms with Crippen molar-refractivity contribution in [2.24, 2.45) is 9.98 Å². The molecule has 0 aliphatic carbocycles. The average molecular weight is 724 g/mol. The summed E-state index contributed by atoms with van der Waals surface area (Å²) in [5.74, 6) is 1.48. The molecular formula is C41H48Cl2FeN4. The van der Waals surface area contributed by atoms with Crippen molar-refractivity contribution >= 4 is 54.4 Å². The van der Waals surface area contributed by atoms with E-state index in [1.54, 1.807) is 0 Å². The fourth-order valence-electron chi connectivity index (χ4n) is 6.09. The first-order chi connectivity index (χ1) is 23.0. The molecule has 0 aliphatic heterocycles. The van der Waals surface area contributed by atoms with Crippen LogP contribution >= 0.6 is 20.2 Å². The summed E-state index contributed by atoms with van der Waals surface area (Å²) >= 11 is 0.194. The Labute approximate surface area is 302 Å². The van der Waals surface area contributed by atoms with E-state index < -0.39 is 0 Å². The van der Waals surface area contributed by atoms with Crippen LogP contribution in [0.1, 0.15) is 118 Å². The summed E-state index contributed by atoms with van der Waals surface area (Å²) in [4.78, 5) is 10.6. The summed E-state index contributed by atoms with van der Waals surface area (Å²) < 4.78 is 2.10. The molecule has 0 saturated heterocycles. The first kappa shape index (κ1) is 37.6. The van der Waals surface area contributed by atoms with Crippen LogP contribution in [0.15, 0.2) is 94.9 Å². The van der Waals surface area contributed by atoms with Crippen molar-refractivity contribution in [3.8, 4) is 0 Å². The van der Waals surface area contributed by atoms with E-state index >= 15 is 0 Å². The monoisotopic (exact) mass is 722 g/mol. The molecule has 4 aromatic carbocycles. The van der Waals surface area contributed by atoms with Crippen molar-refractivity contribution in [2.75, 3.05) is 0 Å². The molecule has 1 aromatic heterocycles. The van der Waals surface area contributed by atoms with E-state index in [0.717, 1.165) is 39.2 Å². The zero-order valence-corrected chi connectivity index (χ0v) is 32.2. The van der Waals surface area contributed by atoms with Crippen molar-refractivity contribution in [2.45, 2.75) is 92.5 Å². The van der Waals surface area contributed by atoms with Crippen LogP contribution in [0, 0.1) is 6.92 Å². The fraction of sp³-hybridized carbons (Fsp3) is 0.341. The van der Waals surface area contributed by atoms with Crippen LogP contribution in [-0.4, -0.2) is 21.7 Å². The molecule has 0 bridgehead atoms. The Kier molecular flexibility index (Phi) is 13.7. The first-order valence-electron chi connectivity index (χ1n) is 16.7. The quantitative estimate of drug-likeness (QED) is 0.104. The number of hydrogen-bond acceptors (Lipinski definition) is 3. The second-order valence-corrected chi connectivity index (χ2v) is 15.3. The van der Waals surface area contributed by atoms with Gasteiger partial charge in [-0.1, -0.05) is 140 Å². The van der Waals surface area contributed by atoms with Gasteiger partial charge in [-0.05, 0) is 64.5 Å². The molecule has 4 nitrogen and oxygen atoms in total. The SMILES string of the molecule is Cc1cccc(C(Cn2nc(C=Nc3c(C(C)C)cccc3C(C)C)c3ccccc32)=Nc2c(C(C)C)cccc2C(C)C)c1.[Cl][Fe][Cl]. The average Bonchev–Trinajstić information content (AvgIpc) is 3.40. The van der Waals surface area contributed by atoms with Gasteiger partial charge >= 0.3 is 33.3 Å². The third-order valence-corrected chi connectivity index (χ3v) is 8.58. The molecule has 0 fully saturated rings. The summed E-state index contributed by atoms with van der Waals surface area (Å²) in [6.07, 6.45) is 1.96. The van der Waals surface area contributed by atoms with Gasteiger partial charge in [0.15, 0.2) is 0 Å². The molecule has 5 rings (SSSR count). The number of aliphatic imine (C=N–C) groups is 2. The number of para-hydroxylation sites is 3. The number of aryl methyl sites for hydroxylation is 1. The maximum atomic E-state index is 5.50. The Morgan fingerprint density at radius 1 is 0.708 bits per heavy atom. The van der Waals surface area contributed by atoms with Gasteiger partial charge in [-0.3, -0.25) is 14.7 Å². The third-order valence-electron chi connectivity index (χ3n) is 8.58. The number of halogens is 2. The van der Waals surface area contributed by atoms with Gasteiger partial charge in [0.2, 0.25) is 0 Å². The molecule has 0 saturated carbocycles. The van der Waals surface area contributed by atoms with Crippen LogP contribution in [0.25, 0.3) is 10.9 Å². The number of hydrogen-bond donors (Lipinski definition) is 0. The second-order valence-electron chi connectivity index (χ2n) is 13.5. The van der Waals surface area contributed by atoms with Gasteiger partial charge in [-0.25, -0.2) is 0 Å². The van der Waals surface area contributed by atoms with E-state index in [0.29, 0.717) is 30.2 Å². The molecule has 0 amide bonds.